The smallest absolute Gasteiger partial charge is 0.0631 e. The Morgan fingerprint density at radius 2 is 1.89 bits per heavy atom. The van der Waals surface area contributed by atoms with Crippen molar-refractivity contribution in [2.75, 3.05) is 19.7 Å². The van der Waals surface area contributed by atoms with E-state index in [1.165, 1.54) is 25.7 Å². The maximum absolute atomic E-state index is 10.6. The standard InChI is InChI=1S/C16H31NO2/c1-16(2)9-4-6-13(15(16)19)12-17(10-5-11-18)14-7-3-8-14/h13-15,18-19H,3-12H2,1-2H3. The van der Waals surface area contributed by atoms with Gasteiger partial charge in [0.25, 0.3) is 0 Å². The molecule has 0 heterocycles. The molecule has 0 bridgehead atoms. The van der Waals surface area contributed by atoms with Crippen LogP contribution in [0.5, 0.6) is 0 Å². The van der Waals surface area contributed by atoms with Crippen LogP contribution in [-0.2, 0) is 0 Å². The van der Waals surface area contributed by atoms with Crippen LogP contribution in [0, 0.1) is 11.3 Å². The number of nitrogens with zero attached hydrogens (tertiary/aromatic N) is 1. The number of hydrogen-bond acceptors (Lipinski definition) is 3. The second kappa shape index (κ2) is 6.55. The van der Waals surface area contributed by atoms with Crippen LogP contribution in [0.15, 0.2) is 0 Å². The molecule has 2 rings (SSSR count). The Morgan fingerprint density at radius 3 is 2.47 bits per heavy atom. The summed E-state index contributed by atoms with van der Waals surface area (Å²) in [7, 11) is 0. The molecule has 0 amide bonds. The summed E-state index contributed by atoms with van der Waals surface area (Å²) in [5.74, 6) is 0.419. The number of rotatable bonds is 6. The van der Waals surface area contributed by atoms with Crippen molar-refractivity contribution in [2.45, 2.75) is 70.9 Å². The fourth-order valence-electron chi connectivity index (χ4n) is 3.70. The average Bonchev–Trinajstić information content (AvgIpc) is 2.29. The Kier molecular flexibility index (Phi) is 5.27. The molecule has 2 saturated carbocycles. The van der Waals surface area contributed by atoms with Crippen LogP contribution in [0.3, 0.4) is 0 Å². The van der Waals surface area contributed by atoms with E-state index in [-0.39, 0.29) is 18.1 Å². The third-order valence-corrected chi connectivity index (χ3v) is 5.31. The lowest BCUT2D eigenvalue weighted by molar-refractivity contribution is -0.0512. The first-order chi connectivity index (χ1) is 9.04. The fourth-order valence-corrected chi connectivity index (χ4v) is 3.70. The Morgan fingerprint density at radius 1 is 1.16 bits per heavy atom. The van der Waals surface area contributed by atoms with Gasteiger partial charge >= 0.3 is 0 Å². The fraction of sp³-hybridized carbons (Fsp3) is 1.00. The van der Waals surface area contributed by atoms with Gasteiger partial charge in [-0.25, -0.2) is 0 Å². The zero-order chi connectivity index (χ0) is 13.9. The summed E-state index contributed by atoms with van der Waals surface area (Å²) < 4.78 is 0. The summed E-state index contributed by atoms with van der Waals surface area (Å²) in [6.45, 7) is 6.69. The van der Waals surface area contributed by atoms with Crippen LogP contribution in [-0.4, -0.2) is 47.0 Å². The molecular formula is C16H31NO2. The minimum Gasteiger partial charge on any atom is -0.396 e. The van der Waals surface area contributed by atoms with Gasteiger partial charge in [-0.2, -0.15) is 0 Å². The lowest BCUT2D eigenvalue weighted by Gasteiger charge is -2.45. The van der Waals surface area contributed by atoms with Crippen molar-refractivity contribution in [2.24, 2.45) is 11.3 Å². The van der Waals surface area contributed by atoms with E-state index in [4.69, 9.17) is 5.11 Å². The lowest BCUT2D eigenvalue weighted by atomic mass is 9.69. The van der Waals surface area contributed by atoms with Crippen LogP contribution in [0.2, 0.25) is 0 Å². The number of aliphatic hydroxyl groups is 2. The van der Waals surface area contributed by atoms with Crippen LogP contribution in [0.4, 0.5) is 0 Å². The molecule has 0 saturated heterocycles. The summed E-state index contributed by atoms with van der Waals surface area (Å²) in [6.07, 6.45) is 8.19. The van der Waals surface area contributed by atoms with Gasteiger partial charge in [0.1, 0.15) is 0 Å². The third-order valence-electron chi connectivity index (χ3n) is 5.31. The van der Waals surface area contributed by atoms with Gasteiger partial charge in [0.2, 0.25) is 0 Å². The molecule has 2 fully saturated rings. The van der Waals surface area contributed by atoms with Crippen molar-refractivity contribution in [3.63, 3.8) is 0 Å². The second-order valence-electron chi connectivity index (χ2n) is 7.24. The van der Waals surface area contributed by atoms with Gasteiger partial charge in [-0.1, -0.05) is 26.7 Å². The molecule has 0 aromatic carbocycles. The molecule has 2 unspecified atom stereocenters. The average molecular weight is 269 g/mol. The minimum atomic E-state index is -0.169. The zero-order valence-corrected chi connectivity index (χ0v) is 12.6. The number of hydrogen-bond donors (Lipinski definition) is 2. The van der Waals surface area contributed by atoms with Crippen molar-refractivity contribution < 1.29 is 10.2 Å². The van der Waals surface area contributed by atoms with Crippen molar-refractivity contribution in [3.8, 4) is 0 Å². The Balaban J connectivity index is 1.91. The van der Waals surface area contributed by atoms with Crippen LogP contribution in [0.1, 0.15) is 58.8 Å². The first-order valence-corrected chi connectivity index (χ1v) is 8.07. The Hall–Kier alpha value is -0.120. The van der Waals surface area contributed by atoms with E-state index in [1.807, 2.05) is 0 Å². The topological polar surface area (TPSA) is 43.7 Å². The maximum Gasteiger partial charge on any atom is 0.0631 e. The molecule has 2 atom stereocenters. The second-order valence-corrected chi connectivity index (χ2v) is 7.24. The highest BCUT2D eigenvalue weighted by molar-refractivity contribution is 4.91. The number of aliphatic hydroxyl groups excluding tert-OH is 2. The Bertz CT molecular complexity index is 276. The molecule has 19 heavy (non-hydrogen) atoms. The quantitative estimate of drug-likeness (QED) is 0.778. The molecule has 2 N–H and O–H groups in total. The van der Waals surface area contributed by atoms with Gasteiger partial charge in [-0.3, -0.25) is 4.90 Å². The largest absolute Gasteiger partial charge is 0.396 e. The van der Waals surface area contributed by atoms with E-state index in [9.17, 15) is 5.11 Å². The Labute approximate surface area is 118 Å². The van der Waals surface area contributed by atoms with Gasteiger partial charge in [-0.05, 0) is 43.4 Å². The molecule has 2 aliphatic carbocycles. The zero-order valence-electron chi connectivity index (χ0n) is 12.6. The van der Waals surface area contributed by atoms with Gasteiger partial charge in [0.05, 0.1) is 6.10 Å². The van der Waals surface area contributed by atoms with E-state index in [1.54, 1.807) is 0 Å². The SMILES string of the molecule is CC1(C)CCCC(CN(CCCO)C2CCC2)C1O. The molecule has 0 aliphatic heterocycles. The van der Waals surface area contributed by atoms with Crippen LogP contribution >= 0.6 is 0 Å². The highest BCUT2D eigenvalue weighted by Gasteiger charge is 2.39. The van der Waals surface area contributed by atoms with Crippen LogP contribution in [0.25, 0.3) is 0 Å². The molecule has 0 aromatic rings. The van der Waals surface area contributed by atoms with Crippen molar-refractivity contribution in [3.05, 3.63) is 0 Å². The predicted molar refractivity (Wildman–Crippen MR) is 78.0 cm³/mol. The van der Waals surface area contributed by atoms with E-state index >= 15 is 0 Å². The molecule has 0 radical (unpaired) electrons. The normalized spacial score (nSPS) is 31.4. The van der Waals surface area contributed by atoms with E-state index in [2.05, 4.69) is 18.7 Å². The summed E-state index contributed by atoms with van der Waals surface area (Å²) in [5, 5.41) is 19.6. The molecule has 3 heteroatoms. The van der Waals surface area contributed by atoms with E-state index in [0.717, 1.165) is 32.4 Å². The van der Waals surface area contributed by atoms with Gasteiger partial charge < -0.3 is 10.2 Å². The molecule has 2 aliphatic rings. The van der Waals surface area contributed by atoms with E-state index in [0.29, 0.717) is 12.0 Å². The molecular weight excluding hydrogens is 238 g/mol. The van der Waals surface area contributed by atoms with Crippen molar-refractivity contribution in [1.82, 2.24) is 4.90 Å². The van der Waals surface area contributed by atoms with Crippen molar-refractivity contribution in [1.29, 1.82) is 0 Å². The molecule has 112 valence electrons. The van der Waals surface area contributed by atoms with Crippen LogP contribution < -0.4 is 0 Å². The van der Waals surface area contributed by atoms with E-state index < -0.39 is 0 Å². The minimum absolute atomic E-state index is 0.0746. The van der Waals surface area contributed by atoms with Crippen molar-refractivity contribution >= 4 is 0 Å². The first-order valence-electron chi connectivity index (χ1n) is 8.07. The molecule has 3 nitrogen and oxygen atoms in total. The molecule has 0 aromatic heterocycles. The summed E-state index contributed by atoms with van der Waals surface area (Å²) in [4.78, 5) is 2.54. The summed E-state index contributed by atoms with van der Waals surface area (Å²) >= 11 is 0. The monoisotopic (exact) mass is 269 g/mol. The van der Waals surface area contributed by atoms with Gasteiger partial charge in [0.15, 0.2) is 0 Å². The molecule has 0 spiro atoms. The predicted octanol–water partition coefficient (Wildman–Crippen LogP) is 2.41. The highest BCUT2D eigenvalue weighted by atomic mass is 16.3. The summed E-state index contributed by atoms with van der Waals surface area (Å²) in [5.41, 5.74) is 0.0746. The third kappa shape index (κ3) is 3.71. The first kappa shape index (κ1) is 15.3. The van der Waals surface area contributed by atoms with Gasteiger partial charge in [0, 0.05) is 25.7 Å². The van der Waals surface area contributed by atoms with Gasteiger partial charge in [-0.15, -0.1) is 0 Å². The summed E-state index contributed by atoms with van der Waals surface area (Å²) in [6, 6.07) is 0.712. The lowest BCUT2D eigenvalue weighted by Crippen LogP contribution is -2.49. The highest BCUT2D eigenvalue weighted by Crippen LogP contribution is 2.40. The maximum atomic E-state index is 10.6.